The van der Waals surface area contributed by atoms with Gasteiger partial charge in [-0.25, -0.2) is 9.67 Å². The Balaban J connectivity index is 1.39. The van der Waals surface area contributed by atoms with E-state index in [-0.39, 0.29) is 5.91 Å². The van der Waals surface area contributed by atoms with Crippen molar-refractivity contribution in [2.24, 2.45) is 7.05 Å². The van der Waals surface area contributed by atoms with Gasteiger partial charge in [0.2, 0.25) is 0 Å². The highest BCUT2D eigenvalue weighted by Gasteiger charge is 2.32. The summed E-state index contributed by atoms with van der Waals surface area (Å²) in [4.78, 5) is 21.2. The van der Waals surface area contributed by atoms with E-state index in [9.17, 15) is 4.79 Å². The Kier molecular flexibility index (Phi) is 3.31. The second-order valence-corrected chi connectivity index (χ2v) is 6.77. The van der Waals surface area contributed by atoms with Gasteiger partial charge in [-0.05, 0) is 25.0 Å². The van der Waals surface area contributed by atoms with Crippen LogP contribution in [0.25, 0.3) is 5.69 Å². The second kappa shape index (κ2) is 5.69. The number of anilines is 2. The van der Waals surface area contributed by atoms with Crippen LogP contribution in [0.1, 0.15) is 28.9 Å². The molecule has 0 unspecified atom stereocenters. The molecule has 3 aromatic heterocycles. The zero-order valence-corrected chi connectivity index (χ0v) is 14.5. The molecule has 5 rings (SSSR count). The summed E-state index contributed by atoms with van der Waals surface area (Å²) in [7, 11) is 1.84. The molecule has 0 spiro atoms. The van der Waals surface area contributed by atoms with Crippen LogP contribution >= 0.6 is 0 Å². The van der Waals surface area contributed by atoms with E-state index >= 15 is 0 Å². The number of aryl methyl sites for hydroxylation is 1. The lowest BCUT2D eigenvalue weighted by Gasteiger charge is -2.16. The number of fused-ring (bicyclic) bond motifs is 1. The molecular weight excluding hydrogens is 330 g/mol. The maximum Gasteiger partial charge on any atom is 0.262 e. The summed E-state index contributed by atoms with van der Waals surface area (Å²) in [6.45, 7) is 2.61. The number of amides is 1. The first-order chi connectivity index (χ1) is 12.7. The van der Waals surface area contributed by atoms with E-state index in [2.05, 4.69) is 20.1 Å². The summed E-state index contributed by atoms with van der Waals surface area (Å²) in [6.07, 6.45) is 9.59. The predicted octanol–water partition coefficient (Wildman–Crippen LogP) is 1.76. The monoisotopic (exact) mass is 349 g/mol. The van der Waals surface area contributed by atoms with Crippen LogP contribution in [0.2, 0.25) is 0 Å². The lowest BCUT2D eigenvalue weighted by atomic mass is 10.3. The third kappa shape index (κ3) is 2.37. The van der Waals surface area contributed by atoms with Crippen LogP contribution in [0.5, 0.6) is 0 Å². The van der Waals surface area contributed by atoms with Crippen LogP contribution < -0.4 is 9.80 Å². The Morgan fingerprint density at radius 1 is 1.04 bits per heavy atom. The largest absolute Gasteiger partial charge is 0.357 e. The van der Waals surface area contributed by atoms with E-state index in [0.717, 1.165) is 36.0 Å². The number of aromatic nitrogens is 5. The normalized spacial score (nSPS) is 16.6. The van der Waals surface area contributed by atoms with E-state index in [0.29, 0.717) is 12.1 Å². The number of pyridine rings is 1. The van der Waals surface area contributed by atoms with Gasteiger partial charge in [-0.3, -0.25) is 14.4 Å². The van der Waals surface area contributed by atoms with Crippen molar-refractivity contribution >= 4 is 17.4 Å². The smallest absolute Gasteiger partial charge is 0.262 e. The van der Waals surface area contributed by atoms with Crippen molar-refractivity contribution in [1.82, 2.24) is 24.5 Å². The van der Waals surface area contributed by atoms with Crippen LogP contribution in [-0.2, 0) is 13.6 Å². The van der Waals surface area contributed by atoms with Gasteiger partial charge in [0, 0.05) is 32.5 Å². The molecule has 0 aromatic carbocycles. The number of hydrogen-bond donors (Lipinski definition) is 0. The van der Waals surface area contributed by atoms with E-state index in [1.165, 1.54) is 12.8 Å². The minimum absolute atomic E-state index is 0.0408. The highest BCUT2D eigenvalue weighted by molar-refractivity contribution is 6.09. The molecule has 2 aliphatic heterocycles. The van der Waals surface area contributed by atoms with Crippen molar-refractivity contribution in [2.45, 2.75) is 19.4 Å². The van der Waals surface area contributed by atoms with Gasteiger partial charge in [0.15, 0.2) is 0 Å². The molecule has 3 aromatic rings. The first-order valence-corrected chi connectivity index (χ1v) is 8.79. The predicted molar refractivity (Wildman–Crippen MR) is 96.5 cm³/mol. The lowest BCUT2D eigenvalue weighted by molar-refractivity contribution is 0.0996. The maximum atomic E-state index is 12.7. The number of carbonyl (C=O) groups excluding carboxylic acids is 1. The van der Waals surface area contributed by atoms with Gasteiger partial charge in [0.1, 0.15) is 5.82 Å². The quantitative estimate of drug-likeness (QED) is 0.720. The summed E-state index contributed by atoms with van der Waals surface area (Å²) in [6, 6.07) is 4.03. The van der Waals surface area contributed by atoms with Crippen molar-refractivity contribution in [3.63, 3.8) is 0 Å². The molecular formula is C18H19N7O. The van der Waals surface area contributed by atoms with E-state index in [1.807, 2.05) is 31.6 Å². The van der Waals surface area contributed by atoms with Crippen molar-refractivity contribution < 1.29 is 4.79 Å². The molecule has 0 saturated carbocycles. The molecule has 0 bridgehead atoms. The lowest BCUT2D eigenvalue weighted by Crippen LogP contribution is -2.23. The minimum atomic E-state index is -0.0408. The molecule has 2 aliphatic rings. The van der Waals surface area contributed by atoms with Crippen LogP contribution in [-0.4, -0.2) is 43.5 Å². The fraction of sp³-hybridized carbons (Fsp3) is 0.333. The van der Waals surface area contributed by atoms with E-state index < -0.39 is 0 Å². The zero-order chi connectivity index (χ0) is 17.7. The molecule has 0 N–H and O–H groups in total. The summed E-state index contributed by atoms with van der Waals surface area (Å²) in [5, 5.41) is 8.73. The molecule has 1 fully saturated rings. The molecule has 26 heavy (non-hydrogen) atoms. The highest BCUT2D eigenvalue weighted by Crippen LogP contribution is 2.28. The summed E-state index contributed by atoms with van der Waals surface area (Å²) < 4.78 is 3.43. The van der Waals surface area contributed by atoms with Crippen molar-refractivity contribution in [2.75, 3.05) is 22.9 Å². The van der Waals surface area contributed by atoms with Crippen molar-refractivity contribution in [1.29, 1.82) is 0 Å². The highest BCUT2D eigenvalue weighted by atomic mass is 16.2. The van der Waals surface area contributed by atoms with E-state index in [1.54, 1.807) is 26.7 Å². The van der Waals surface area contributed by atoms with Gasteiger partial charge in [0.25, 0.3) is 5.91 Å². The Morgan fingerprint density at radius 3 is 2.54 bits per heavy atom. The molecule has 1 saturated heterocycles. The number of rotatable bonds is 3. The van der Waals surface area contributed by atoms with Gasteiger partial charge in [-0.15, -0.1) is 0 Å². The average Bonchev–Trinajstić information content (AvgIpc) is 3.41. The third-order valence-corrected chi connectivity index (χ3v) is 5.00. The van der Waals surface area contributed by atoms with Gasteiger partial charge in [-0.1, -0.05) is 0 Å². The SMILES string of the molecule is Cn1cc(N2Cc3nn(-c4ccc(N5CCCC5)nc4)cc3C2=O)cn1. The average molecular weight is 349 g/mol. The van der Waals surface area contributed by atoms with E-state index in [4.69, 9.17) is 0 Å². The zero-order valence-electron chi connectivity index (χ0n) is 14.5. The van der Waals surface area contributed by atoms with Gasteiger partial charge in [-0.2, -0.15) is 10.2 Å². The van der Waals surface area contributed by atoms with Gasteiger partial charge >= 0.3 is 0 Å². The summed E-state index contributed by atoms with van der Waals surface area (Å²) in [5.41, 5.74) is 3.07. The number of carbonyl (C=O) groups is 1. The Bertz CT molecular complexity index is 966. The minimum Gasteiger partial charge on any atom is -0.357 e. The van der Waals surface area contributed by atoms with Crippen LogP contribution in [0, 0.1) is 0 Å². The third-order valence-electron chi connectivity index (χ3n) is 5.00. The standard InChI is InChI=1S/C18H19N7O/c1-22-10-14(9-20-22)24-12-16-15(18(24)26)11-25(21-16)13-4-5-17(19-8-13)23-6-2-3-7-23/h4-5,8-11H,2-3,6-7,12H2,1H3. The molecule has 8 nitrogen and oxygen atoms in total. The van der Waals surface area contributed by atoms with Crippen LogP contribution in [0.4, 0.5) is 11.5 Å². The first kappa shape index (κ1) is 15.1. The molecule has 5 heterocycles. The van der Waals surface area contributed by atoms with Crippen molar-refractivity contribution in [3.8, 4) is 5.69 Å². The Labute approximate surface area is 150 Å². The topological polar surface area (TPSA) is 72.1 Å². The van der Waals surface area contributed by atoms with Crippen LogP contribution in [0.15, 0.2) is 36.9 Å². The number of hydrogen-bond acceptors (Lipinski definition) is 5. The molecule has 8 heteroatoms. The first-order valence-electron chi connectivity index (χ1n) is 8.79. The van der Waals surface area contributed by atoms with Gasteiger partial charge in [0.05, 0.1) is 41.6 Å². The van der Waals surface area contributed by atoms with Gasteiger partial charge < -0.3 is 4.90 Å². The molecule has 132 valence electrons. The molecule has 0 atom stereocenters. The summed E-state index contributed by atoms with van der Waals surface area (Å²) >= 11 is 0. The molecule has 0 radical (unpaired) electrons. The van der Waals surface area contributed by atoms with Crippen molar-refractivity contribution in [3.05, 3.63) is 48.2 Å². The fourth-order valence-electron chi connectivity index (χ4n) is 3.61. The Morgan fingerprint density at radius 2 is 1.88 bits per heavy atom. The summed E-state index contributed by atoms with van der Waals surface area (Å²) in [5.74, 6) is 0.964. The Hall–Kier alpha value is -3.16. The molecule has 1 amide bonds. The molecule has 0 aliphatic carbocycles. The maximum absolute atomic E-state index is 12.7. The fourth-order valence-corrected chi connectivity index (χ4v) is 3.61. The second-order valence-electron chi connectivity index (χ2n) is 6.77. The van der Waals surface area contributed by atoms with Crippen LogP contribution in [0.3, 0.4) is 0 Å². The number of nitrogens with zero attached hydrogens (tertiary/aromatic N) is 7.